The Bertz CT molecular complexity index is 1250. The first-order chi connectivity index (χ1) is 15.4. The molecule has 0 spiro atoms. The van der Waals surface area contributed by atoms with E-state index in [1.165, 1.54) is 16.4 Å². The third kappa shape index (κ3) is 4.39. The molecule has 1 saturated heterocycles. The summed E-state index contributed by atoms with van der Waals surface area (Å²) in [5.41, 5.74) is 4.86. The van der Waals surface area contributed by atoms with Gasteiger partial charge >= 0.3 is 0 Å². The van der Waals surface area contributed by atoms with Crippen molar-refractivity contribution in [2.24, 2.45) is 5.10 Å². The molecule has 10 nitrogen and oxygen atoms in total. The number of sulfonamides is 1. The first-order valence-corrected chi connectivity index (χ1v) is 11.5. The van der Waals surface area contributed by atoms with Crippen LogP contribution in [0.25, 0.3) is 5.69 Å². The summed E-state index contributed by atoms with van der Waals surface area (Å²) in [4.78, 5) is 14.9. The number of hydrogen-bond donors (Lipinski definition) is 1. The van der Waals surface area contributed by atoms with E-state index in [-0.39, 0.29) is 16.3 Å². The van der Waals surface area contributed by atoms with Crippen LogP contribution in [0.3, 0.4) is 0 Å². The van der Waals surface area contributed by atoms with Crippen molar-refractivity contribution in [3.8, 4) is 5.69 Å². The zero-order valence-corrected chi connectivity index (χ0v) is 18.2. The van der Waals surface area contributed by atoms with Gasteiger partial charge in [-0.3, -0.25) is 15.5 Å². The largest absolute Gasteiger partial charge is 0.306 e. The van der Waals surface area contributed by atoms with Gasteiger partial charge in [-0.25, -0.2) is 13.4 Å². The van der Waals surface area contributed by atoms with Gasteiger partial charge in [0.2, 0.25) is 10.0 Å². The van der Waals surface area contributed by atoms with Crippen molar-refractivity contribution in [3.63, 3.8) is 0 Å². The normalized spacial score (nSPS) is 15.1. The topological polar surface area (TPSA) is 123 Å². The molecule has 4 rings (SSSR count). The van der Waals surface area contributed by atoms with Crippen LogP contribution >= 0.6 is 0 Å². The number of imidazole rings is 1. The average molecular weight is 455 g/mol. The summed E-state index contributed by atoms with van der Waals surface area (Å²) in [6.45, 7) is 2.63. The fourth-order valence-electron chi connectivity index (χ4n) is 3.49. The maximum atomic E-state index is 12.7. The SMILES string of the molecule is C/C(=N\Nc1ccc(S(=O)(=O)N2CCCC2)cc1[N+](=O)[O-])c1ccc(-n2ccnc2)cc1. The van der Waals surface area contributed by atoms with Crippen LogP contribution in [0.15, 0.2) is 71.2 Å². The van der Waals surface area contributed by atoms with Crippen LogP contribution in [0.5, 0.6) is 0 Å². The van der Waals surface area contributed by atoms with E-state index < -0.39 is 14.9 Å². The van der Waals surface area contributed by atoms with Crippen molar-refractivity contribution in [3.05, 3.63) is 76.9 Å². The Kier molecular flexibility index (Phi) is 6.01. The molecule has 32 heavy (non-hydrogen) atoms. The molecule has 166 valence electrons. The Morgan fingerprint density at radius 3 is 2.50 bits per heavy atom. The van der Waals surface area contributed by atoms with Crippen molar-refractivity contribution in [1.29, 1.82) is 0 Å². The van der Waals surface area contributed by atoms with Gasteiger partial charge in [-0.1, -0.05) is 12.1 Å². The molecule has 2 aromatic carbocycles. The predicted octanol–water partition coefficient (Wildman–Crippen LogP) is 3.40. The molecule has 0 unspecified atom stereocenters. The number of nitro benzene ring substituents is 1. The zero-order chi connectivity index (χ0) is 22.7. The molecule has 0 bridgehead atoms. The van der Waals surface area contributed by atoms with Gasteiger partial charge in [0, 0.05) is 37.2 Å². The van der Waals surface area contributed by atoms with E-state index in [2.05, 4.69) is 15.5 Å². The molecule has 0 amide bonds. The summed E-state index contributed by atoms with van der Waals surface area (Å²) in [6, 6.07) is 11.4. The van der Waals surface area contributed by atoms with Crippen LogP contribution in [0, 0.1) is 10.1 Å². The Labute approximate surface area is 185 Å². The number of hydrazone groups is 1. The van der Waals surface area contributed by atoms with Crippen LogP contribution in [-0.2, 0) is 10.0 Å². The van der Waals surface area contributed by atoms with Crippen LogP contribution in [-0.4, -0.2) is 46.0 Å². The maximum absolute atomic E-state index is 12.7. The molecule has 1 aliphatic heterocycles. The van der Waals surface area contributed by atoms with Crippen molar-refractivity contribution in [2.75, 3.05) is 18.5 Å². The molecule has 1 aromatic heterocycles. The molecule has 2 heterocycles. The highest BCUT2D eigenvalue weighted by atomic mass is 32.2. The van der Waals surface area contributed by atoms with Crippen molar-refractivity contribution < 1.29 is 13.3 Å². The first-order valence-electron chi connectivity index (χ1n) is 10.0. The Morgan fingerprint density at radius 2 is 1.88 bits per heavy atom. The van der Waals surface area contributed by atoms with E-state index >= 15 is 0 Å². The van der Waals surface area contributed by atoms with Crippen LogP contribution < -0.4 is 5.43 Å². The second-order valence-electron chi connectivity index (χ2n) is 7.37. The van der Waals surface area contributed by atoms with Gasteiger partial charge in [0.1, 0.15) is 5.69 Å². The quantitative estimate of drug-likeness (QED) is 0.332. The molecule has 3 aromatic rings. The minimum Gasteiger partial charge on any atom is -0.306 e. The zero-order valence-electron chi connectivity index (χ0n) is 17.4. The van der Waals surface area contributed by atoms with Crippen molar-refractivity contribution in [2.45, 2.75) is 24.7 Å². The van der Waals surface area contributed by atoms with E-state index in [4.69, 9.17) is 0 Å². The fourth-order valence-corrected chi connectivity index (χ4v) is 5.03. The number of nitrogens with zero attached hydrogens (tertiary/aromatic N) is 5. The minimum absolute atomic E-state index is 0.0903. The van der Waals surface area contributed by atoms with Gasteiger partial charge in [-0.15, -0.1) is 0 Å². The van der Waals surface area contributed by atoms with E-state index in [1.807, 2.05) is 35.0 Å². The van der Waals surface area contributed by atoms with Gasteiger partial charge in [-0.05, 0) is 49.6 Å². The second-order valence-corrected chi connectivity index (χ2v) is 9.31. The van der Waals surface area contributed by atoms with Gasteiger partial charge in [0.15, 0.2) is 0 Å². The van der Waals surface area contributed by atoms with Crippen molar-refractivity contribution >= 4 is 27.1 Å². The highest BCUT2D eigenvalue weighted by Gasteiger charge is 2.29. The van der Waals surface area contributed by atoms with Gasteiger partial charge < -0.3 is 4.57 Å². The number of anilines is 1. The molecule has 11 heteroatoms. The predicted molar refractivity (Wildman–Crippen MR) is 120 cm³/mol. The third-order valence-electron chi connectivity index (χ3n) is 5.30. The van der Waals surface area contributed by atoms with Crippen LogP contribution in [0.2, 0.25) is 0 Å². The smallest absolute Gasteiger partial charge is 0.295 e. The number of rotatable bonds is 7. The highest BCUT2D eigenvalue weighted by Crippen LogP contribution is 2.30. The second kappa shape index (κ2) is 8.89. The number of nitro groups is 1. The summed E-state index contributed by atoms with van der Waals surface area (Å²) in [5, 5.41) is 15.8. The molecule has 1 N–H and O–H groups in total. The maximum Gasteiger partial charge on any atom is 0.295 e. The molecule has 0 radical (unpaired) electrons. The molecule has 0 aliphatic carbocycles. The number of nitrogens with one attached hydrogen (secondary N) is 1. The van der Waals surface area contributed by atoms with Crippen LogP contribution in [0.4, 0.5) is 11.4 Å². The Balaban J connectivity index is 1.55. The number of hydrogen-bond acceptors (Lipinski definition) is 7. The molecule has 0 atom stereocenters. The highest BCUT2D eigenvalue weighted by molar-refractivity contribution is 7.89. The lowest BCUT2D eigenvalue weighted by molar-refractivity contribution is -0.384. The number of benzene rings is 2. The molecular formula is C21H22N6O4S. The van der Waals surface area contributed by atoms with E-state index in [0.29, 0.717) is 18.8 Å². The monoisotopic (exact) mass is 454 g/mol. The standard InChI is InChI=1S/C21H22N6O4S/c1-16(17-4-6-18(7-5-17)25-13-10-22-15-25)23-24-20-9-8-19(14-21(20)27(28)29)32(30,31)26-11-2-3-12-26/h4-10,13-15,24H,2-3,11-12H2,1H3/b23-16+. The molecule has 0 saturated carbocycles. The summed E-state index contributed by atoms with van der Waals surface area (Å²) in [7, 11) is -3.75. The lowest BCUT2D eigenvalue weighted by Gasteiger charge is -2.15. The number of aromatic nitrogens is 2. The lowest BCUT2D eigenvalue weighted by Crippen LogP contribution is -2.27. The first kappa shape index (κ1) is 21.7. The average Bonchev–Trinajstić information content (AvgIpc) is 3.52. The molecule has 1 fully saturated rings. The molecule has 1 aliphatic rings. The van der Waals surface area contributed by atoms with E-state index in [0.717, 1.165) is 30.2 Å². The summed E-state index contributed by atoms with van der Waals surface area (Å²) < 4.78 is 28.7. The summed E-state index contributed by atoms with van der Waals surface area (Å²) in [5.74, 6) is 0. The van der Waals surface area contributed by atoms with E-state index in [9.17, 15) is 18.5 Å². The van der Waals surface area contributed by atoms with Gasteiger partial charge in [0.25, 0.3) is 5.69 Å². The van der Waals surface area contributed by atoms with Crippen molar-refractivity contribution in [1.82, 2.24) is 13.9 Å². The summed E-state index contributed by atoms with van der Waals surface area (Å²) in [6.07, 6.45) is 6.81. The summed E-state index contributed by atoms with van der Waals surface area (Å²) >= 11 is 0. The van der Waals surface area contributed by atoms with Gasteiger partial charge in [0.05, 0.1) is 21.9 Å². The minimum atomic E-state index is -3.75. The van der Waals surface area contributed by atoms with E-state index in [1.54, 1.807) is 19.4 Å². The fraction of sp³-hybridized carbons (Fsp3) is 0.238. The van der Waals surface area contributed by atoms with Gasteiger partial charge in [-0.2, -0.15) is 9.41 Å². The lowest BCUT2D eigenvalue weighted by atomic mass is 10.1. The Hall–Kier alpha value is -3.57. The Morgan fingerprint density at radius 1 is 1.16 bits per heavy atom. The molecular weight excluding hydrogens is 432 g/mol. The van der Waals surface area contributed by atoms with Crippen LogP contribution in [0.1, 0.15) is 25.3 Å². The third-order valence-corrected chi connectivity index (χ3v) is 7.20.